The van der Waals surface area contributed by atoms with Gasteiger partial charge in [-0.2, -0.15) is 0 Å². The minimum Gasteiger partial charge on any atom is -0.382 e. The van der Waals surface area contributed by atoms with Crippen molar-refractivity contribution in [2.75, 3.05) is 32.8 Å². The van der Waals surface area contributed by atoms with Gasteiger partial charge in [-0.05, 0) is 32.7 Å². The number of piperidine rings is 1. The molecule has 1 fully saturated rings. The Morgan fingerprint density at radius 3 is 3.00 bits per heavy atom. The van der Waals surface area contributed by atoms with Gasteiger partial charge in [0, 0.05) is 26.3 Å². The number of carbonyl (C=O) groups excluding carboxylic acids is 1. The number of hydrogen-bond donors (Lipinski definition) is 2. The van der Waals surface area contributed by atoms with Crippen molar-refractivity contribution in [3.8, 4) is 0 Å². The molecular formula is C11H23ClN2O2. The van der Waals surface area contributed by atoms with Crippen LogP contribution in [0.4, 0.5) is 0 Å². The van der Waals surface area contributed by atoms with Crippen molar-refractivity contribution in [3.63, 3.8) is 0 Å². The SMILES string of the molecule is CCOCCCNC(=O)C1CCCNC1.Cl. The molecule has 2 N–H and O–H groups in total. The lowest BCUT2D eigenvalue weighted by Gasteiger charge is -2.21. The maximum Gasteiger partial charge on any atom is 0.224 e. The van der Waals surface area contributed by atoms with Crippen LogP contribution in [0.3, 0.4) is 0 Å². The van der Waals surface area contributed by atoms with Crippen molar-refractivity contribution >= 4 is 18.3 Å². The summed E-state index contributed by atoms with van der Waals surface area (Å²) in [4.78, 5) is 11.6. The van der Waals surface area contributed by atoms with Crippen LogP contribution in [-0.2, 0) is 9.53 Å². The molecule has 1 aliphatic rings. The lowest BCUT2D eigenvalue weighted by molar-refractivity contribution is -0.125. The molecule has 0 aliphatic carbocycles. The lowest BCUT2D eigenvalue weighted by Crippen LogP contribution is -2.40. The third-order valence-electron chi connectivity index (χ3n) is 2.64. The third-order valence-corrected chi connectivity index (χ3v) is 2.64. The molecule has 0 saturated carbocycles. The fourth-order valence-electron chi connectivity index (χ4n) is 1.75. The molecule has 0 aromatic heterocycles. The van der Waals surface area contributed by atoms with Crippen LogP contribution in [0.25, 0.3) is 0 Å². The summed E-state index contributed by atoms with van der Waals surface area (Å²) in [6.45, 7) is 6.08. The Bertz CT molecular complexity index is 185. The Morgan fingerprint density at radius 2 is 2.38 bits per heavy atom. The van der Waals surface area contributed by atoms with E-state index < -0.39 is 0 Å². The average Bonchev–Trinajstić information content (AvgIpc) is 2.30. The van der Waals surface area contributed by atoms with E-state index >= 15 is 0 Å². The second-order valence-corrected chi connectivity index (χ2v) is 3.88. The number of rotatable bonds is 6. The molecule has 0 spiro atoms. The van der Waals surface area contributed by atoms with Crippen LogP contribution in [0, 0.1) is 5.92 Å². The van der Waals surface area contributed by atoms with E-state index in [0.717, 1.165) is 52.1 Å². The highest BCUT2D eigenvalue weighted by atomic mass is 35.5. The van der Waals surface area contributed by atoms with E-state index in [1.807, 2.05) is 6.92 Å². The number of carbonyl (C=O) groups is 1. The highest BCUT2D eigenvalue weighted by molar-refractivity contribution is 5.85. The van der Waals surface area contributed by atoms with Crippen LogP contribution >= 0.6 is 12.4 Å². The summed E-state index contributed by atoms with van der Waals surface area (Å²) in [6.07, 6.45) is 3.03. The van der Waals surface area contributed by atoms with Crippen LogP contribution < -0.4 is 10.6 Å². The topological polar surface area (TPSA) is 50.4 Å². The fraction of sp³-hybridized carbons (Fsp3) is 0.909. The van der Waals surface area contributed by atoms with Gasteiger partial charge in [-0.15, -0.1) is 12.4 Å². The summed E-state index contributed by atoms with van der Waals surface area (Å²) in [6, 6.07) is 0. The second-order valence-electron chi connectivity index (χ2n) is 3.88. The van der Waals surface area contributed by atoms with E-state index in [2.05, 4.69) is 10.6 Å². The molecule has 1 unspecified atom stereocenters. The largest absolute Gasteiger partial charge is 0.382 e. The van der Waals surface area contributed by atoms with Gasteiger partial charge < -0.3 is 15.4 Å². The van der Waals surface area contributed by atoms with Gasteiger partial charge in [-0.3, -0.25) is 4.79 Å². The minimum atomic E-state index is 0. The van der Waals surface area contributed by atoms with Gasteiger partial charge in [0.25, 0.3) is 0 Å². The Kier molecular flexibility index (Phi) is 9.68. The molecule has 1 heterocycles. The first-order chi connectivity index (χ1) is 7.34. The smallest absolute Gasteiger partial charge is 0.224 e. The van der Waals surface area contributed by atoms with Crippen molar-refractivity contribution in [3.05, 3.63) is 0 Å². The molecule has 0 radical (unpaired) electrons. The lowest BCUT2D eigenvalue weighted by atomic mass is 9.99. The monoisotopic (exact) mass is 250 g/mol. The average molecular weight is 251 g/mol. The fourth-order valence-corrected chi connectivity index (χ4v) is 1.75. The van der Waals surface area contributed by atoms with E-state index in [1.165, 1.54) is 0 Å². The third kappa shape index (κ3) is 6.30. The molecule has 0 aromatic carbocycles. The Labute approximate surface area is 104 Å². The van der Waals surface area contributed by atoms with Crippen LogP contribution in [0.5, 0.6) is 0 Å². The molecule has 0 aromatic rings. The molecule has 0 bridgehead atoms. The first-order valence-corrected chi connectivity index (χ1v) is 5.90. The number of halogens is 1. The molecular weight excluding hydrogens is 228 g/mol. The van der Waals surface area contributed by atoms with Gasteiger partial charge in [0.1, 0.15) is 0 Å². The first-order valence-electron chi connectivity index (χ1n) is 5.90. The molecule has 5 heteroatoms. The van der Waals surface area contributed by atoms with E-state index in [-0.39, 0.29) is 24.2 Å². The van der Waals surface area contributed by atoms with Gasteiger partial charge in [0.2, 0.25) is 5.91 Å². The number of hydrogen-bond acceptors (Lipinski definition) is 3. The summed E-state index contributed by atoms with van der Waals surface area (Å²) in [5, 5.41) is 6.19. The van der Waals surface area contributed by atoms with Gasteiger partial charge >= 0.3 is 0 Å². The van der Waals surface area contributed by atoms with Crippen molar-refractivity contribution < 1.29 is 9.53 Å². The number of nitrogens with one attached hydrogen (secondary N) is 2. The van der Waals surface area contributed by atoms with Crippen molar-refractivity contribution in [1.82, 2.24) is 10.6 Å². The van der Waals surface area contributed by atoms with Gasteiger partial charge in [0.05, 0.1) is 5.92 Å². The zero-order valence-corrected chi connectivity index (χ0v) is 10.8. The van der Waals surface area contributed by atoms with E-state index in [9.17, 15) is 4.79 Å². The molecule has 1 atom stereocenters. The standard InChI is InChI=1S/C11H22N2O2.ClH/c1-2-15-8-4-7-13-11(14)10-5-3-6-12-9-10;/h10,12H,2-9H2,1H3,(H,13,14);1H. The molecule has 1 rings (SSSR count). The van der Waals surface area contributed by atoms with Gasteiger partial charge in [-0.25, -0.2) is 0 Å². The predicted octanol–water partition coefficient (Wildman–Crippen LogP) is 0.951. The van der Waals surface area contributed by atoms with Gasteiger partial charge in [-0.1, -0.05) is 0 Å². The van der Waals surface area contributed by atoms with Crippen LogP contribution in [-0.4, -0.2) is 38.8 Å². The number of ether oxygens (including phenoxy) is 1. The first kappa shape index (κ1) is 15.7. The number of amides is 1. The van der Waals surface area contributed by atoms with Crippen molar-refractivity contribution in [2.45, 2.75) is 26.2 Å². The summed E-state index contributed by atoms with van der Waals surface area (Å²) < 4.78 is 5.20. The van der Waals surface area contributed by atoms with E-state index in [4.69, 9.17) is 4.74 Å². The Hall–Kier alpha value is -0.320. The molecule has 1 aliphatic heterocycles. The maximum atomic E-state index is 11.6. The van der Waals surface area contributed by atoms with Crippen LogP contribution in [0.2, 0.25) is 0 Å². The van der Waals surface area contributed by atoms with Crippen molar-refractivity contribution in [2.24, 2.45) is 5.92 Å². The van der Waals surface area contributed by atoms with Crippen LogP contribution in [0.1, 0.15) is 26.2 Å². The summed E-state index contributed by atoms with van der Waals surface area (Å²) in [5.74, 6) is 0.365. The van der Waals surface area contributed by atoms with E-state index in [1.54, 1.807) is 0 Å². The molecule has 1 amide bonds. The Morgan fingerprint density at radius 1 is 1.56 bits per heavy atom. The Balaban J connectivity index is 0.00000225. The zero-order chi connectivity index (χ0) is 10.9. The maximum absolute atomic E-state index is 11.6. The summed E-state index contributed by atoms with van der Waals surface area (Å²) >= 11 is 0. The molecule has 96 valence electrons. The highest BCUT2D eigenvalue weighted by Crippen LogP contribution is 2.09. The molecule has 1 saturated heterocycles. The zero-order valence-electron chi connectivity index (χ0n) is 9.96. The second kappa shape index (κ2) is 9.87. The predicted molar refractivity (Wildman–Crippen MR) is 67.0 cm³/mol. The van der Waals surface area contributed by atoms with Crippen LogP contribution in [0.15, 0.2) is 0 Å². The summed E-state index contributed by atoms with van der Waals surface area (Å²) in [5.41, 5.74) is 0. The quantitative estimate of drug-likeness (QED) is 0.691. The summed E-state index contributed by atoms with van der Waals surface area (Å²) in [7, 11) is 0. The normalized spacial score (nSPS) is 19.9. The highest BCUT2D eigenvalue weighted by Gasteiger charge is 2.19. The van der Waals surface area contributed by atoms with E-state index in [0.29, 0.717) is 0 Å². The van der Waals surface area contributed by atoms with Gasteiger partial charge in [0.15, 0.2) is 0 Å². The minimum absolute atomic E-state index is 0. The van der Waals surface area contributed by atoms with Crippen molar-refractivity contribution in [1.29, 1.82) is 0 Å². The molecule has 16 heavy (non-hydrogen) atoms. The molecule has 4 nitrogen and oxygen atoms in total.